The highest BCUT2D eigenvalue weighted by molar-refractivity contribution is 7.11. The second-order valence-corrected chi connectivity index (χ2v) is 6.17. The van der Waals surface area contributed by atoms with Crippen molar-refractivity contribution in [3.63, 3.8) is 0 Å². The van der Waals surface area contributed by atoms with Gasteiger partial charge in [-0.1, -0.05) is 0 Å². The molecule has 0 aliphatic carbocycles. The largest absolute Gasteiger partial charge is 0.466 e. The minimum atomic E-state index is -1.22. The minimum absolute atomic E-state index is 0.0792. The van der Waals surface area contributed by atoms with Gasteiger partial charge in [0.2, 0.25) is 0 Å². The van der Waals surface area contributed by atoms with E-state index >= 15 is 0 Å². The summed E-state index contributed by atoms with van der Waals surface area (Å²) >= 11 is 1.64. The Morgan fingerprint density at radius 2 is 2.20 bits per heavy atom. The molecule has 1 unspecified atom stereocenters. The van der Waals surface area contributed by atoms with Crippen LogP contribution in [0.4, 0.5) is 4.79 Å². The van der Waals surface area contributed by atoms with Crippen LogP contribution in [0.5, 0.6) is 0 Å². The number of hydrogen-bond donors (Lipinski definition) is 3. The van der Waals surface area contributed by atoms with Gasteiger partial charge in [-0.2, -0.15) is 0 Å². The number of aliphatic hydroxyl groups is 1. The summed E-state index contributed by atoms with van der Waals surface area (Å²) in [6.07, 6.45) is 1.49. The molecule has 20 heavy (non-hydrogen) atoms. The van der Waals surface area contributed by atoms with E-state index in [-0.39, 0.29) is 12.6 Å². The van der Waals surface area contributed by atoms with E-state index < -0.39 is 5.60 Å². The molecule has 2 aromatic heterocycles. The summed E-state index contributed by atoms with van der Waals surface area (Å²) in [5.41, 5.74) is -1.22. The number of amides is 2. The second kappa shape index (κ2) is 6.11. The lowest BCUT2D eigenvalue weighted by Gasteiger charge is -2.21. The second-order valence-electron chi connectivity index (χ2n) is 4.80. The third-order valence-electron chi connectivity index (χ3n) is 2.86. The molecule has 0 spiro atoms. The van der Waals surface area contributed by atoms with Crippen LogP contribution < -0.4 is 10.6 Å². The van der Waals surface area contributed by atoms with Crippen LogP contribution in [-0.2, 0) is 12.1 Å². The molecule has 3 N–H and O–H groups in total. The Morgan fingerprint density at radius 3 is 2.80 bits per heavy atom. The third-order valence-corrected chi connectivity index (χ3v) is 3.87. The lowest BCUT2D eigenvalue weighted by molar-refractivity contribution is 0.0367. The molecule has 0 bridgehead atoms. The molecule has 0 saturated heterocycles. The predicted octanol–water partition coefficient (Wildman–Crippen LogP) is 2.36. The zero-order valence-electron chi connectivity index (χ0n) is 11.5. The molecular formula is C14H18N2O3S. The Bertz CT molecular complexity index is 561. The fourth-order valence-electron chi connectivity index (χ4n) is 1.73. The van der Waals surface area contributed by atoms with E-state index in [2.05, 4.69) is 10.6 Å². The van der Waals surface area contributed by atoms with Gasteiger partial charge in [-0.3, -0.25) is 0 Å². The fourth-order valence-corrected chi connectivity index (χ4v) is 2.56. The van der Waals surface area contributed by atoms with E-state index in [1.54, 1.807) is 30.4 Å². The summed E-state index contributed by atoms with van der Waals surface area (Å²) in [6, 6.07) is 7.06. The van der Waals surface area contributed by atoms with Crippen molar-refractivity contribution in [3.8, 4) is 0 Å². The summed E-state index contributed by atoms with van der Waals surface area (Å²) in [6.45, 7) is 4.17. The van der Waals surface area contributed by atoms with Crippen molar-refractivity contribution >= 4 is 17.4 Å². The molecule has 108 valence electrons. The van der Waals surface area contributed by atoms with Crippen molar-refractivity contribution in [2.24, 2.45) is 0 Å². The Labute approximate surface area is 121 Å². The van der Waals surface area contributed by atoms with Gasteiger partial charge in [-0.15, -0.1) is 11.3 Å². The monoisotopic (exact) mass is 294 g/mol. The average molecular weight is 294 g/mol. The van der Waals surface area contributed by atoms with E-state index in [0.717, 1.165) is 4.88 Å². The van der Waals surface area contributed by atoms with Crippen molar-refractivity contribution in [2.75, 3.05) is 6.54 Å². The maximum atomic E-state index is 11.7. The van der Waals surface area contributed by atoms with Crippen LogP contribution in [0.25, 0.3) is 0 Å². The lowest BCUT2D eigenvalue weighted by Crippen LogP contribution is -2.43. The van der Waals surface area contributed by atoms with Gasteiger partial charge in [0.25, 0.3) is 0 Å². The van der Waals surface area contributed by atoms with Crippen molar-refractivity contribution in [1.82, 2.24) is 10.6 Å². The van der Waals surface area contributed by atoms with Crippen LogP contribution in [0.3, 0.4) is 0 Å². The fraction of sp³-hybridized carbons (Fsp3) is 0.357. The van der Waals surface area contributed by atoms with E-state index in [1.807, 2.05) is 19.1 Å². The molecule has 6 heteroatoms. The molecule has 0 fully saturated rings. The van der Waals surface area contributed by atoms with Gasteiger partial charge in [-0.05, 0) is 38.1 Å². The predicted molar refractivity (Wildman–Crippen MR) is 77.6 cm³/mol. The smallest absolute Gasteiger partial charge is 0.315 e. The molecule has 2 aromatic rings. The van der Waals surface area contributed by atoms with Crippen LogP contribution in [0.1, 0.15) is 22.4 Å². The average Bonchev–Trinajstić information content (AvgIpc) is 3.05. The molecule has 0 aliphatic heterocycles. The molecule has 2 rings (SSSR count). The molecule has 2 heterocycles. The molecule has 0 radical (unpaired) electrons. The molecule has 2 amide bonds. The highest BCUT2D eigenvalue weighted by Gasteiger charge is 2.26. The van der Waals surface area contributed by atoms with Gasteiger partial charge in [0.15, 0.2) is 0 Å². The number of carbonyl (C=O) groups excluding carboxylic acids is 1. The minimum Gasteiger partial charge on any atom is -0.466 e. The van der Waals surface area contributed by atoms with Gasteiger partial charge >= 0.3 is 6.03 Å². The van der Waals surface area contributed by atoms with Crippen molar-refractivity contribution in [2.45, 2.75) is 26.0 Å². The zero-order chi connectivity index (χ0) is 14.6. The van der Waals surface area contributed by atoms with Gasteiger partial charge < -0.3 is 20.2 Å². The molecule has 0 aliphatic rings. The van der Waals surface area contributed by atoms with E-state index in [4.69, 9.17) is 4.42 Å². The number of carbonyl (C=O) groups is 1. The number of nitrogens with one attached hydrogen (secondary N) is 2. The number of thiophene rings is 1. The third kappa shape index (κ3) is 3.85. The Kier molecular flexibility index (Phi) is 4.46. The Hall–Kier alpha value is -1.79. The van der Waals surface area contributed by atoms with Gasteiger partial charge in [0.05, 0.1) is 19.4 Å². The van der Waals surface area contributed by atoms with E-state index in [0.29, 0.717) is 12.3 Å². The summed E-state index contributed by atoms with van der Waals surface area (Å²) in [5, 5.41) is 15.6. The summed E-state index contributed by atoms with van der Waals surface area (Å²) in [5.74, 6) is 0.423. The number of furan rings is 1. The van der Waals surface area contributed by atoms with Gasteiger partial charge in [0.1, 0.15) is 11.4 Å². The van der Waals surface area contributed by atoms with Crippen LogP contribution in [-0.4, -0.2) is 17.7 Å². The molecular weight excluding hydrogens is 276 g/mol. The first-order valence-electron chi connectivity index (χ1n) is 6.31. The van der Waals surface area contributed by atoms with Crippen molar-refractivity contribution < 1.29 is 14.3 Å². The maximum absolute atomic E-state index is 11.7. The first-order valence-corrected chi connectivity index (χ1v) is 7.12. The summed E-state index contributed by atoms with van der Waals surface area (Å²) in [4.78, 5) is 14.0. The molecule has 1 atom stereocenters. The van der Waals surface area contributed by atoms with E-state index in [9.17, 15) is 9.90 Å². The van der Waals surface area contributed by atoms with Crippen LogP contribution >= 0.6 is 11.3 Å². The van der Waals surface area contributed by atoms with Crippen molar-refractivity contribution in [3.05, 3.63) is 46.0 Å². The lowest BCUT2D eigenvalue weighted by atomic mass is 10.0. The molecule has 0 saturated carbocycles. The van der Waals surface area contributed by atoms with E-state index in [1.165, 1.54) is 11.1 Å². The highest BCUT2D eigenvalue weighted by Crippen LogP contribution is 2.19. The number of urea groups is 1. The topological polar surface area (TPSA) is 74.5 Å². The standard InChI is InChI=1S/C14H18N2O3S/c1-10-5-6-11(20-10)8-15-13(17)16-9-14(2,18)12-4-3-7-19-12/h3-7,18H,8-9H2,1-2H3,(H2,15,16,17). The Morgan fingerprint density at radius 1 is 1.40 bits per heavy atom. The van der Waals surface area contributed by atoms with Crippen LogP contribution in [0.2, 0.25) is 0 Å². The highest BCUT2D eigenvalue weighted by atomic mass is 32.1. The molecule has 5 nitrogen and oxygen atoms in total. The normalized spacial score (nSPS) is 13.8. The van der Waals surface area contributed by atoms with Gasteiger partial charge in [0, 0.05) is 9.75 Å². The zero-order valence-corrected chi connectivity index (χ0v) is 12.3. The number of rotatable bonds is 5. The summed E-state index contributed by atoms with van der Waals surface area (Å²) < 4.78 is 5.14. The number of hydrogen-bond acceptors (Lipinski definition) is 4. The SMILES string of the molecule is Cc1ccc(CNC(=O)NCC(C)(O)c2ccco2)s1. The van der Waals surface area contributed by atoms with Gasteiger partial charge in [-0.25, -0.2) is 4.79 Å². The quantitative estimate of drug-likeness (QED) is 0.792. The van der Waals surface area contributed by atoms with Crippen LogP contribution in [0, 0.1) is 6.92 Å². The summed E-state index contributed by atoms with van der Waals surface area (Å²) in [7, 11) is 0. The van der Waals surface area contributed by atoms with Crippen molar-refractivity contribution in [1.29, 1.82) is 0 Å². The Balaban J connectivity index is 1.77. The number of aryl methyl sites for hydroxylation is 1. The first-order chi connectivity index (χ1) is 9.47. The maximum Gasteiger partial charge on any atom is 0.315 e. The van der Waals surface area contributed by atoms with Crippen LogP contribution in [0.15, 0.2) is 34.9 Å². The first kappa shape index (κ1) is 14.6. The molecule has 0 aromatic carbocycles.